The smallest absolute Gasteiger partial charge is 0.270 e. The van der Waals surface area contributed by atoms with Crippen LogP contribution in [0, 0.1) is 6.92 Å². The number of nitrogen functional groups attached to an aromatic ring is 1. The maximum atomic E-state index is 14.3. The second-order valence-electron chi connectivity index (χ2n) is 10.6. The molecule has 2 fully saturated rings. The van der Waals surface area contributed by atoms with Gasteiger partial charge in [-0.2, -0.15) is 0 Å². The lowest BCUT2D eigenvalue weighted by atomic mass is 9.95. The molecule has 0 saturated carbocycles. The number of benzene rings is 1. The third kappa shape index (κ3) is 5.92. The molecule has 5 rings (SSSR count). The van der Waals surface area contributed by atoms with Gasteiger partial charge in [0.2, 0.25) is 0 Å². The molecule has 0 unspecified atom stereocenters. The minimum Gasteiger partial charge on any atom is -0.384 e. The van der Waals surface area contributed by atoms with Crippen molar-refractivity contribution in [2.75, 3.05) is 43.4 Å². The lowest BCUT2D eigenvalue weighted by molar-refractivity contribution is 0.0169. The zero-order valence-electron chi connectivity index (χ0n) is 21.8. The van der Waals surface area contributed by atoms with Crippen molar-refractivity contribution in [1.29, 1.82) is 0 Å². The second kappa shape index (κ2) is 10.7. The number of hydrogen-bond donors (Lipinski definition) is 1. The highest BCUT2D eigenvalue weighted by molar-refractivity contribution is 5.61. The lowest BCUT2D eigenvalue weighted by Crippen LogP contribution is -2.35. The number of anilines is 2. The van der Waals surface area contributed by atoms with Gasteiger partial charge in [0.1, 0.15) is 23.8 Å². The quantitative estimate of drug-likeness (QED) is 0.471. The van der Waals surface area contributed by atoms with Crippen LogP contribution in [0.1, 0.15) is 61.9 Å². The van der Waals surface area contributed by atoms with E-state index < -0.39 is 5.92 Å². The Balaban J connectivity index is 1.39. The molecule has 0 amide bonds. The Morgan fingerprint density at radius 2 is 1.76 bits per heavy atom. The van der Waals surface area contributed by atoms with Crippen molar-refractivity contribution in [3.8, 4) is 11.3 Å². The topological polar surface area (TPSA) is 76.1 Å². The van der Waals surface area contributed by atoms with Crippen LogP contribution < -0.4 is 10.6 Å². The van der Waals surface area contributed by atoms with Crippen molar-refractivity contribution in [2.45, 2.75) is 64.3 Å². The number of likely N-dealkylation sites (tertiary alicyclic amines) is 1. The number of nitrogens with two attached hydrogens (primary N) is 1. The van der Waals surface area contributed by atoms with Gasteiger partial charge in [-0.25, -0.2) is 23.7 Å². The van der Waals surface area contributed by atoms with E-state index in [9.17, 15) is 8.78 Å². The van der Waals surface area contributed by atoms with Gasteiger partial charge in [0.05, 0.1) is 5.69 Å². The molecule has 9 heteroatoms. The molecule has 2 saturated heterocycles. The van der Waals surface area contributed by atoms with Crippen molar-refractivity contribution >= 4 is 11.6 Å². The summed E-state index contributed by atoms with van der Waals surface area (Å²) in [5.74, 6) is -0.216. The molecule has 1 aromatic carbocycles. The minimum atomic E-state index is -2.89. The van der Waals surface area contributed by atoms with Crippen LogP contribution in [0.3, 0.4) is 0 Å². The van der Waals surface area contributed by atoms with Crippen LogP contribution in [-0.2, 0) is 12.5 Å². The van der Waals surface area contributed by atoms with Crippen LogP contribution in [0.25, 0.3) is 11.3 Å². The molecule has 37 heavy (non-hydrogen) atoms. The van der Waals surface area contributed by atoms with E-state index >= 15 is 0 Å². The van der Waals surface area contributed by atoms with Crippen molar-refractivity contribution < 1.29 is 8.78 Å². The van der Waals surface area contributed by atoms with E-state index in [0.29, 0.717) is 17.3 Å². The molecule has 2 N–H and O–H groups in total. The summed E-state index contributed by atoms with van der Waals surface area (Å²) >= 11 is 0. The summed E-state index contributed by atoms with van der Waals surface area (Å²) < 4.78 is 30.8. The Kier molecular flexibility index (Phi) is 7.42. The van der Waals surface area contributed by atoms with E-state index in [4.69, 9.17) is 10.7 Å². The second-order valence-corrected chi connectivity index (χ2v) is 10.6. The molecule has 2 aromatic heterocycles. The Labute approximate surface area is 217 Å². The lowest BCUT2D eigenvalue weighted by Gasteiger charge is -2.33. The van der Waals surface area contributed by atoms with Crippen LogP contribution >= 0.6 is 0 Å². The van der Waals surface area contributed by atoms with Crippen molar-refractivity contribution in [2.24, 2.45) is 0 Å². The Bertz CT molecular complexity index is 1210. The van der Waals surface area contributed by atoms with Crippen LogP contribution in [0.15, 0.2) is 36.8 Å². The predicted molar refractivity (Wildman–Crippen MR) is 143 cm³/mol. The fraction of sp³-hybridized carbons (Fsp3) is 0.536. The number of piperidine rings is 2. The van der Waals surface area contributed by atoms with Crippen LogP contribution in [0.2, 0.25) is 0 Å². The highest BCUT2D eigenvalue weighted by atomic mass is 19.3. The van der Waals surface area contributed by atoms with Crippen LogP contribution in [-0.4, -0.2) is 57.1 Å². The first kappa shape index (κ1) is 25.6. The number of hydrogen-bond acceptors (Lipinski definition) is 6. The summed E-state index contributed by atoms with van der Waals surface area (Å²) in [6.45, 7) is 8.52. The van der Waals surface area contributed by atoms with Gasteiger partial charge >= 0.3 is 0 Å². The highest BCUT2D eigenvalue weighted by Crippen LogP contribution is 2.35. The molecule has 2 aliphatic heterocycles. The molecular formula is C28H37F2N7. The van der Waals surface area contributed by atoms with E-state index in [1.54, 1.807) is 19.1 Å². The third-order valence-electron chi connectivity index (χ3n) is 7.78. The summed E-state index contributed by atoms with van der Waals surface area (Å²) in [7, 11) is 0. The van der Waals surface area contributed by atoms with Crippen molar-refractivity contribution in [3.63, 3.8) is 0 Å². The Morgan fingerprint density at radius 1 is 1.00 bits per heavy atom. The van der Waals surface area contributed by atoms with E-state index in [1.165, 1.54) is 25.6 Å². The normalized spacial score (nSPS) is 17.9. The van der Waals surface area contributed by atoms with Gasteiger partial charge in [-0.15, -0.1) is 0 Å². The fourth-order valence-electron chi connectivity index (χ4n) is 5.66. The van der Waals surface area contributed by atoms with E-state index in [1.807, 2.05) is 12.1 Å². The molecule has 7 nitrogen and oxygen atoms in total. The van der Waals surface area contributed by atoms with Gasteiger partial charge in [0, 0.05) is 62.4 Å². The number of alkyl halides is 2. The molecule has 0 atom stereocenters. The summed E-state index contributed by atoms with van der Waals surface area (Å²) in [4.78, 5) is 18.2. The Hall–Kier alpha value is -3.07. The van der Waals surface area contributed by atoms with E-state index in [2.05, 4.69) is 30.5 Å². The molecule has 0 radical (unpaired) electrons. The number of imidazole rings is 1. The number of aryl methyl sites for hydroxylation is 1. The zero-order chi connectivity index (χ0) is 26.0. The SMILES string of the molecule is Cc1ccc(-c2cn(CCN3CCCCC3)c(C3CCN(c4cc(N)ncn4)CC3)n2)cc1C(C)(F)F. The maximum Gasteiger partial charge on any atom is 0.270 e. The maximum absolute atomic E-state index is 14.3. The van der Waals surface area contributed by atoms with Crippen LogP contribution in [0.4, 0.5) is 20.4 Å². The third-order valence-corrected chi connectivity index (χ3v) is 7.78. The number of rotatable bonds is 7. The standard InChI is InChI=1S/C28H37F2N7/c1-20-6-7-22(16-23(20)28(2,29)30)24-18-37(15-14-35-10-4-3-5-11-35)27(34-24)21-8-12-36(13-9-21)26-17-25(31)32-19-33-26/h6-7,16-19,21H,3-5,8-15H2,1-2H3,(H2,31,32,33). The zero-order valence-corrected chi connectivity index (χ0v) is 21.8. The predicted octanol–water partition coefficient (Wildman–Crippen LogP) is 5.21. The summed E-state index contributed by atoms with van der Waals surface area (Å²) in [6.07, 6.45) is 9.28. The number of nitrogens with zero attached hydrogens (tertiary/aromatic N) is 6. The summed E-state index contributed by atoms with van der Waals surface area (Å²) in [6, 6.07) is 7.11. The first-order valence-corrected chi connectivity index (χ1v) is 13.4. The van der Waals surface area contributed by atoms with Crippen LogP contribution in [0.5, 0.6) is 0 Å². The average molecular weight is 510 g/mol. The van der Waals surface area contributed by atoms with Gasteiger partial charge in [-0.05, 0) is 57.3 Å². The largest absolute Gasteiger partial charge is 0.384 e. The average Bonchev–Trinajstić information content (AvgIpc) is 3.32. The summed E-state index contributed by atoms with van der Waals surface area (Å²) in [5.41, 5.74) is 8.03. The van der Waals surface area contributed by atoms with Gasteiger partial charge in [0.15, 0.2) is 0 Å². The Morgan fingerprint density at radius 3 is 2.46 bits per heavy atom. The molecule has 3 aromatic rings. The highest BCUT2D eigenvalue weighted by Gasteiger charge is 2.29. The molecule has 0 spiro atoms. The molecule has 4 heterocycles. The fourth-order valence-corrected chi connectivity index (χ4v) is 5.66. The molecule has 0 bridgehead atoms. The molecular weight excluding hydrogens is 472 g/mol. The van der Waals surface area contributed by atoms with Crippen molar-refractivity contribution in [1.82, 2.24) is 24.4 Å². The van der Waals surface area contributed by atoms with E-state index in [0.717, 1.165) is 81.9 Å². The molecule has 0 aliphatic carbocycles. The first-order valence-electron chi connectivity index (χ1n) is 13.4. The van der Waals surface area contributed by atoms with Crippen molar-refractivity contribution in [3.05, 3.63) is 53.7 Å². The number of halogens is 2. The van der Waals surface area contributed by atoms with Gasteiger partial charge in [-0.1, -0.05) is 18.6 Å². The first-order chi connectivity index (χ1) is 17.8. The summed E-state index contributed by atoms with van der Waals surface area (Å²) in [5, 5.41) is 0. The van der Waals surface area contributed by atoms with Gasteiger partial charge < -0.3 is 20.1 Å². The molecule has 198 valence electrons. The van der Waals surface area contributed by atoms with E-state index in [-0.39, 0.29) is 5.56 Å². The van der Waals surface area contributed by atoms with Gasteiger partial charge in [0.25, 0.3) is 5.92 Å². The minimum absolute atomic E-state index is 0.0619. The monoisotopic (exact) mass is 509 g/mol. The number of aromatic nitrogens is 4. The van der Waals surface area contributed by atoms with Gasteiger partial charge in [-0.3, -0.25) is 0 Å². The molecule has 2 aliphatic rings.